The van der Waals surface area contributed by atoms with Crippen LogP contribution >= 0.6 is 0 Å². The van der Waals surface area contributed by atoms with Gasteiger partial charge in [-0.2, -0.15) is 0 Å². The molecule has 1 N–H and O–H groups in total. The van der Waals surface area contributed by atoms with Crippen LogP contribution < -0.4 is 19.5 Å². The van der Waals surface area contributed by atoms with Crippen molar-refractivity contribution in [3.63, 3.8) is 0 Å². The van der Waals surface area contributed by atoms with Crippen molar-refractivity contribution in [1.82, 2.24) is 5.32 Å². The zero-order chi connectivity index (χ0) is 11.5. The molecule has 4 nitrogen and oxygen atoms in total. The normalized spacial score (nSPS) is 18.8. The van der Waals surface area contributed by atoms with E-state index in [-0.39, 0.29) is 0 Å². The first-order valence-corrected chi connectivity index (χ1v) is 5.33. The minimum absolute atomic E-state index is 0.411. The van der Waals surface area contributed by atoms with Crippen LogP contribution in [0.5, 0.6) is 17.2 Å². The van der Waals surface area contributed by atoms with Crippen molar-refractivity contribution in [3.8, 4) is 17.2 Å². The summed E-state index contributed by atoms with van der Waals surface area (Å²) < 4.78 is 15.9. The number of rotatable bonds is 4. The van der Waals surface area contributed by atoms with Crippen molar-refractivity contribution in [2.45, 2.75) is 12.5 Å². The van der Waals surface area contributed by atoms with Crippen LogP contribution in [-0.2, 0) is 0 Å². The minimum atomic E-state index is 0.411. The Morgan fingerprint density at radius 3 is 1.94 bits per heavy atom. The molecule has 1 aromatic carbocycles. The van der Waals surface area contributed by atoms with Crippen LogP contribution in [0, 0.1) is 0 Å². The van der Waals surface area contributed by atoms with E-state index in [1.165, 1.54) is 5.56 Å². The van der Waals surface area contributed by atoms with Crippen LogP contribution in [0.15, 0.2) is 12.1 Å². The molecule has 1 atom stereocenters. The average Bonchev–Trinajstić information content (AvgIpc) is 2.25. The topological polar surface area (TPSA) is 39.7 Å². The fraction of sp³-hybridized carbons (Fsp3) is 0.500. The molecule has 1 unspecified atom stereocenters. The summed E-state index contributed by atoms with van der Waals surface area (Å²) in [6.07, 6.45) is 1.15. The standard InChI is InChI=1S/C12H17NO3/c1-14-10-6-8(9-4-5-13-9)7-11(15-2)12(10)16-3/h6-7,9,13H,4-5H2,1-3H3. The third-order valence-electron chi connectivity index (χ3n) is 2.91. The van der Waals surface area contributed by atoms with Gasteiger partial charge in [0.1, 0.15) is 0 Å². The number of methoxy groups -OCH3 is 3. The molecule has 1 aliphatic heterocycles. The molecule has 1 aromatic rings. The highest BCUT2D eigenvalue weighted by Crippen LogP contribution is 2.40. The van der Waals surface area contributed by atoms with Crippen LogP contribution in [0.2, 0.25) is 0 Å². The zero-order valence-corrected chi connectivity index (χ0v) is 9.87. The maximum absolute atomic E-state index is 5.31. The van der Waals surface area contributed by atoms with E-state index in [2.05, 4.69) is 5.32 Å². The molecule has 1 heterocycles. The molecule has 1 fully saturated rings. The SMILES string of the molecule is COc1cc(C2CCN2)cc(OC)c1OC. The fourth-order valence-corrected chi connectivity index (χ4v) is 1.88. The third kappa shape index (κ3) is 1.80. The number of nitrogens with one attached hydrogen (secondary N) is 1. The van der Waals surface area contributed by atoms with Gasteiger partial charge in [0.15, 0.2) is 11.5 Å². The molecule has 1 saturated heterocycles. The summed E-state index contributed by atoms with van der Waals surface area (Å²) in [6, 6.07) is 4.41. The summed E-state index contributed by atoms with van der Waals surface area (Å²) in [5, 5.41) is 3.35. The van der Waals surface area contributed by atoms with Crippen molar-refractivity contribution < 1.29 is 14.2 Å². The number of benzene rings is 1. The van der Waals surface area contributed by atoms with E-state index in [0.29, 0.717) is 23.3 Å². The molecule has 0 bridgehead atoms. The number of hydrogen-bond acceptors (Lipinski definition) is 4. The Hall–Kier alpha value is -1.42. The largest absolute Gasteiger partial charge is 0.493 e. The molecule has 0 spiro atoms. The molecular weight excluding hydrogens is 206 g/mol. The monoisotopic (exact) mass is 223 g/mol. The third-order valence-corrected chi connectivity index (χ3v) is 2.91. The van der Waals surface area contributed by atoms with E-state index < -0.39 is 0 Å². The van der Waals surface area contributed by atoms with Gasteiger partial charge in [-0.25, -0.2) is 0 Å². The van der Waals surface area contributed by atoms with E-state index in [4.69, 9.17) is 14.2 Å². The van der Waals surface area contributed by atoms with Gasteiger partial charge in [-0.15, -0.1) is 0 Å². The van der Waals surface area contributed by atoms with Crippen molar-refractivity contribution >= 4 is 0 Å². The number of hydrogen-bond donors (Lipinski definition) is 1. The predicted molar refractivity (Wildman–Crippen MR) is 61.5 cm³/mol. The lowest BCUT2D eigenvalue weighted by atomic mass is 9.97. The maximum Gasteiger partial charge on any atom is 0.203 e. The second-order valence-corrected chi connectivity index (χ2v) is 3.75. The van der Waals surface area contributed by atoms with Crippen LogP contribution in [0.4, 0.5) is 0 Å². The van der Waals surface area contributed by atoms with E-state index in [0.717, 1.165) is 13.0 Å². The lowest BCUT2D eigenvalue weighted by Gasteiger charge is -2.29. The highest BCUT2D eigenvalue weighted by atomic mass is 16.5. The van der Waals surface area contributed by atoms with E-state index in [1.807, 2.05) is 12.1 Å². The van der Waals surface area contributed by atoms with Crippen LogP contribution in [-0.4, -0.2) is 27.9 Å². The molecule has 4 heteroatoms. The van der Waals surface area contributed by atoms with Gasteiger partial charge >= 0.3 is 0 Å². The van der Waals surface area contributed by atoms with Gasteiger partial charge in [-0.3, -0.25) is 0 Å². The summed E-state index contributed by atoms with van der Waals surface area (Å²) in [6.45, 7) is 1.07. The second-order valence-electron chi connectivity index (χ2n) is 3.75. The first-order valence-electron chi connectivity index (χ1n) is 5.33. The molecular formula is C12H17NO3. The van der Waals surface area contributed by atoms with Gasteiger partial charge in [0.2, 0.25) is 5.75 Å². The van der Waals surface area contributed by atoms with Crippen molar-refractivity contribution in [3.05, 3.63) is 17.7 Å². The average molecular weight is 223 g/mol. The molecule has 88 valence electrons. The Bertz CT molecular complexity index is 350. The Morgan fingerprint density at radius 2 is 1.62 bits per heavy atom. The minimum Gasteiger partial charge on any atom is -0.493 e. The summed E-state index contributed by atoms with van der Waals surface area (Å²) >= 11 is 0. The lowest BCUT2D eigenvalue weighted by Crippen LogP contribution is -2.34. The molecule has 0 saturated carbocycles. The summed E-state index contributed by atoms with van der Waals surface area (Å²) in [4.78, 5) is 0. The van der Waals surface area contributed by atoms with E-state index in [9.17, 15) is 0 Å². The van der Waals surface area contributed by atoms with Gasteiger partial charge < -0.3 is 19.5 Å². The predicted octanol–water partition coefficient (Wildman–Crippen LogP) is 1.75. The van der Waals surface area contributed by atoms with Gasteiger partial charge in [0, 0.05) is 6.04 Å². The van der Waals surface area contributed by atoms with E-state index in [1.54, 1.807) is 21.3 Å². The highest BCUT2D eigenvalue weighted by Gasteiger charge is 2.22. The fourth-order valence-electron chi connectivity index (χ4n) is 1.88. The van der Waals surface area contributed by atoms with E-state index >= 15 is 0 Å². The molecule has 16 heavy (non-hydrogen) atoms. The lowest BCUT2D eigenvalue weighted by molar-refractivity contribution is 0.319. The quantitative estimate of drug-likeness (QED) is 0.844. The van der Waals surface area contributed by atoms with Gasteiger partial charge in [-0.05, 0) is 30.7 Å². The first kappa shape index (κ1) is 11.1. The molecule has 1 aliphatic rings. The van der Waals surface area contributed by atoms with Crippen molar-refractivity contribution in [1.29, 1.82) is 0 Å². The van der Waals surface area contributed by atoms with Crippen LogP contribution in [0.3, 0.4) is 0 Å². The Kier molecular flexibility index (Phi) is 3.19. The molecule has 2 rings (SSSR count). The second kappa shape index (κ2) is 4.61. The molecule has 0 aromatic heterocycles. The van der Waals surface area contributed by atoms with Crippen LogP contribution in [0.1, 0.15) is 18.0 Å². The van der Waals surface area contributed by atoms with Gasteiger partial charge in [0.05, 0.1) is 21.3 Å². The highest BCUT2D eigenvalue weighted by molar-refractivity contribution is 5.54. The van der Waals surface area contributed by atoms with Crippen molar-refractivity contribution in [2.24, 2.45) is 0 Å². The van der Waals surface area contributed by atoms with Gasteiger partial charge in [0.25, 0.3) is 0 Å². The van der Waals surface area contributed by atoms with Crippen molar-refractivity contribution in [2.75, 3.05) is 27.9 Å². The summed E-state index contributed by atoms with van der Waals surface area (Å²) in [5.41, 5.74) is 1.18. The first-order chi connectivity index (χ1) is 7.80. The van der Waals surface area contributed by atoms with Gasteiger partial charge in [-0.1, -0.05) is 0 Å². The Labute approximate surface area is 95.5 Å². The van der Waals surface area contributed by atoms with Crippen LogP contribution in [0.25, 0.3) is 0 Å². The summed E-state index contributed by atoms with van der Waals surface area (Å²) in [7, 11) is 4.88. The molecule has 0 radical (unpaired) electrons. The Morgan fingerprint density at radius 1 is 1.06 bits per heavy atom. The Balaban J connectivity index is 2.40. The molecule has 0 aliphatic carbocycles. The molecule has 0 amide bonds. The smallest absolute Gasteiger partial charge is 0.203 e. The summed E-state index contributed by atoms with van der Waals surface area (Å²) in [5.74, 6) is 2.07. The number of ether oxygens (including phenoxy) is 3. The zero-order valence-electron chi connectivity index (χ0n) is 9.87. The maximum atomic E-state index is 5.31.